The summed E-state index contributed by atoms with van der Waals surface area (Å²) in [5.74, 6) is 0. The van der Waals surface area contributed by atoms with Crippen LogP contribution in [0.2, 0.25) is 0 Å². The molecule has 5 heteroatoms. The first-order valence-corrected chi connectivity index (χ1v) is 5.93. The maximum Gasteiger partial charge on any atom is 0.292 e. The summed E-state index contributed by atoms with van der Waals surface area (Å²) in [5, 5.41) is 13.9. The monoisotopic (exact) mass is 257 g/mol. The van der Waals surface area contributed by atoms with E-state index in [0.29, 0.717) is 0 Å². The van der Waals surface area contributed by atoms with Gasteiger partial charge in [0.05, 0.1) is 4.92 Å². The van der Waals surface area contributed by atoms with Gasteiger partial charge in [0.1, 0.15) is 5.69 Å². The van der Waals surface area contributed by atoms with Crippen LogP contribution in [0.15, 0.2) is 48.5 Å². The van der Waals surface area contributed by atoms with E-state index in [0.717, 1.165) is 11.3 Å². The third-order valence-electron chi connectivity index (χ3n) is 2.91. The Bertz CT molecular complexity index is 584. The first-order valence-electron chi connectivity index (χ1n) is 5.93. The molecule has 0 amide bonds. The van der Waals surface area contributed by atoms with E-state index >= 15 is 0 Å². The molecule has 3 N–H and O–H groups in total. The van der Waals surface area contributed by atoms with Crippen molar-refractivity contribution in [1.82, 2.24) is 0 Å². The summed E-state index contributed by atoms with van der Waals surface area (Å²) < 4.78 is 0. The highest BCUT2D eigenvalue weighted by Gasteiger charge is 2.12. The number of nitrogen functional groups attached to an aromatic ring is 1. The molecule has 5 nitrogen and oxygen atoms in total. The molecule has 0 saturated carbocycles. The molecule has 2 rings (SSSR count). The zero-order valence-corrected chi connectivity index (χ0v) is 10.5. The van der Waals surface area contributed by atoms with Gasteiger partial charge in [0.2, 0.25) is 0 Å². The number of benzene rings is 2. The Kier molecular flexibility index (Phi) is 3.66. The molecule has 1 unspecified atom stereocenters. The number of nitro benzene ring substituents is 1. The molecule has 19 heavy (non-hydrogen) atoms. The van der Waals surface area contributed by atoms with Gasteiger partial charge in [0.15, 0.2) is 0 Å². The fraction of sp³-hybridized carbons (Fsp3) is 0.143. The molecule has 0 radical (unpaired) electrons. The van der Waals surface area contributed by atoms with Crippen molar-refractivity contribution >= 4 is 17.1 Å². The summed E-state index contributed by atoms with van der Waals surface area (Å²) >= 11 is 0. The number of nitro groups is 1. The van der Waals surface area contributed by atoms with Crippen molar-refractivity contribution in [2.45, 2.75) is 13.0 Å². The Labute approximate surface area is 111 Å². The molecule has 0 aromatic heterocycles. The van der Waals surface area contributed by atoms with Crippen LogP contribution in [0.4, 0.5) is 17.1 Å². The van der Waals surface area contributed by atoms with Gasteiger partial charge in [0, 0.05) is 17.8 Å². The van der Waals surface area contributed by atoms with E-state index in [2.05, 4.69) is 5.32 Å². The molecular weight excluding hydrogens is 242 g/mol. The Morgan fingerprint density at radius 2 is 1.89 bits per heavy atom. The van der Waals surface area contributed by atoms with E-state index in [1.165, 1.54) is 6.07 Å². The van der Waals surface area contributed by atoms with Gasteiger partial charge in [0.25, 0.3) is 5.69 Å². The Hall–Kier alpha value is -2.56. The van der Waals surface area contributed by atoms with Crippen molar-refractivity contribution < 1.29 is 4.92 Å². The van der Waals surface area contributed by atoms with Crippen LogP contribution in [0.1, 0.15) is 18.5 Å². The van der Waals surface area contributed by atoms with E-state index in [9.17, 15) is 10.1 Å². The summed E-state index contributed by atoms with van der Waals surface area (Å²) in [6, 6.07) is 14.7. The van der Waals surface area contributed by atoms with Crippen molar-refractivity contribution in [1.29, 1.82) is 0 Å². The predicted molar refractivity (Wildman–Crippen MR) is 76.0 cm³/mol. The lowest BCUT2D eigenvalue weighted by molar-refractivity contribution is -0.383. The Morgan fingerprint density at radius 3 is 2.47 bits per heavy atom. The van der Waals surface area contributed by atoms with Gasteiger partial charge < -0.3 is 11.1 Å². The van der Waals surface area contributed by atoms with E-state index in [1.54, 1.807) is 12.1 Å². The van der Waals surface area contributed by atoms with Crippen molar-refractivity contribution in [3.05, 3.63) is 64.2 Å². The molecule has 0 saturated heterocycles. The highest BCUT2D eigenvalue weighted by atomic mass is 16.6. The number of hydrogen-bond acceptors (Lipinski definition) is 4. The Balaban J connectivity index is 2.16. The molecule has 0 heterocycles. The zero-order chi connectivity index (χ0) is 13.8. The lowest BCUT2D eigenvalue weighted by atomic mass is 10.1. The van der Waals surface area contributed by atoms with Gasteiger partial charge in [-0.3, -0.25) is 10.1 Å². The first-order chi connectivity index (χ1) is 9.08. The number of anilines is 2. The number of nitrogens with zero attached hydrogens (tertiary/aromatic N) is 1. The molecule has 1 atom stereocenters. The first kappa shape index (κ1) is 12.9. The van der Waals surface area contributed by atoms with Crippen molar-refractivity contribution in [3.8, 4) is 0 Å². The molecule has 0 aliphatic carbocycles. The largest absolute Gasteiger partial charge is 0.393 e. The second kappa shape index (κ2) is 5.39. The lowest BCUT2D eigenvalue weighted by Crippen LogP contribution is -2.07. The molecule has 98 valence electrons. The van der Waals surface area contributed by atoms with Crippen LogP contribution in [0.5, 0.6) is 0 Å². The Morgan fingerprint density at radius 1 is 1.21 bits per heavy atom. The van der Waals surface area contributed by atoms with Crippen molar-refractivity contribution in [2.75, 3.05) is 11.1 Å². The normalized spacial score (nSPS) is 11.8. The standard InChI is InChI=1S/C14H15N3O2/c1-10(11-5-3-2-4-6-11)16-12-7-8-14(17(18)19)13(15)9-12/h2-10,16H,15H2,1H3. The van der Waals surface area contributed by atoms with Gasteiger partial charge >= 0.3 is 0 Å². The number of hydrogen-bond donors (Lipinski definition) is 2. The topological polar surface area (TPSA) is 81.2 Å². The van der Waals surface area contributed by atoms with E-state index in [1.807, 2.05) is 37.3 Å². The number of rotatable bonds is 4. The molecular formula is C14H15N3O2. The molecule has 2 aromatic rings. The van der Waals surface area contributed by atoms with Crippen LogP contribution in [0.3, 0.4) is 0 Å². The minimum atomic E-state index is -0.486. The minimum absolute atomic E-state index is 0.0714. The molecule has 0 fully saturated rings. The predicted octanol–water partition coefficient (Wildman–Crippen LogP) is 3.35. The molecule has 0 spiro atoms. The second-order valence-corrected chi connectivity index (χ2v) is 4.31. The summed E-state index contributed by atoms with van der Waals surface area (Å²) in [5.41, 5.74) is 7.65. The smallest absolute Gasteiger partial charge is 0.292 e. The van der Waals surface area contributed by atoms with Gasteiger partial charge in [-0.25, -0.2) is 0 Å². The number of nitrogens with one attached hydrogen (secondary N) is 1. The van der Waals surface area contributed by atoms with Crippen LogP contribution in [-0.2, 0) is 0 Å². The summed E-state index contributed by atoms with van der Waals surface area (Å²) in [7, 11) is 0. The second-order valence-electron chi connectivity index (χ2n) is 4.31. The van der Waals surface area contributed by atoms with E-state index < -0.39 is 4.92 Å². The van der Waals surface area contributed by atoms with Gasteiger partial charge in [-0.15, -0.1) is 0 Å². The van der Waals surface area contributed by atoms with Crippen molar-refractivity contribution in [3.63, 3.8) is 0 Å². The fourth-order valence-corrected chi connectivity index (χ4v) is 1.89. The van der Waals surface area contributed by atoms with E-state index in [-0.39, 0.29) is 17.4 Å². The van der Waals surface area contributed by atoms with E-state index in [4.69, 9.17) is 5.73 Å². The molecule has 0 bridgehead atoms. The highest BCUT2D eigenvalue weighted by molar-refractivity contribution is 5.66. The molecule has 0 aliphatic rings. The minimum Gasteiger partial charge on any atom is -0.393 e. The third-order valence-corrected chi connectivity index (χ3v) is 2.91. The zero-order valence-electron chi connectivity index (χ0n) is 10.5. The average molecular weight is 257 g/mol. The lowest BCUT2D eigenvalue weighted by Gasteiger charge is -2.15. The SMILES string of the molecule is CC(Nc1ccc([N+](=O)[O-])c(N)c1)c1ccccc1. The quantitative estimate of drug-likeness (QED) is 0.500. The highest BCUT2D eigenvalue weighted by Crippen LogP contribution is 2.27. The fourth-order valence-electron chi connectivity index (χ4n) is 1.89. The molecule has 2 aromatic carbocycles. The maximum atomic E-state index is 10.7. The molecule has 0 aliphatic heterocycles. The van der Waals surface area contributed by atoms with Gasteiger partial charge in [-0.1, -0.05) is 30.3 Å². The van der Waals surface area contributed by atoms with Crippen LogP contribution in [0, 0.1) is 10.1 Å². The van der Waals surface area contributed by atoms with Gasteiger partial charge in [-0.2, -0.15) is 0 Å². The summed E-state index contributed by atoms with van der Waals surface area (Å²) in [6.45, 7) is 2.02. The number of nitrogens with two attached hydrogens (primary N) is 1. The van der Waals surface area contributed by atoms with Crippen LogP contribution >= 0.6 is 0 Å². The third kappa shape index (κ3) is 3.01. The van der Waals surface area contributed by atoms with Crippen LogP contribution in [-0.4, -0.2) is 4.92 Å². The van der Waals surface area contributed by atoms with Crippen LogP contribution in [0.25, 0.3) is 0 Å². The maximum absolute atomic E-state index is 10.7. The average Bonchev–Trinajstić information content (AvgIpc) is 2.39. The van der Waals surface area contributed by atoms with Crippen molar-refractivity contribution in [2.24, 2.45) is 0 Å². The summed E-state index contributed by atoms with van der Waals surface area (Å²) in [6.07, 6.45) is 0. The summed E-state index contributed by atoms with van der Waals surface area (Å²) in [4.78, 5) is 10.2. The van der Waals surface area contributed by atoms with Gasteiger partial charge in [-0.05, 0) is 24.6 Å². The van der Waals surface area contributed by atoms with Crippen LogP contribution < -0.4 is 11.1 Å².